The summed E-state index contributed by atoms with van der Waals surface area (Å²) in [7, 11) is 0. The van der Waals surface area contributed by atoms with Crippen LogP contribution >= 0.6 is 15.9 Å². The minimum atomic E-state index is 0.113. The summed E-state index contributed by atoms with van der Waals surface area (Å²) < 4.78 is 6.61. The third kappa shape index (κ3) is 1.38. The second-order valence-corrected chi connectivity index (χ2v) is 8.34. The summed E-state index contributed by atoms with van der Waals surface area (Å²) in [6, 6.07) is 0. The first-order valence-corrected chi connectivity index (χ1v) is 7.63. The Morgan fingerprint density at radius 3 is 2.50 bits per heavy atom. The number of hydrogen-bond donors (Lipinski definition) is 0. The number of fused-ring (bicyclic) bond motifs is 1. The lowest BCUT2D eigenvalue weighted by molar-refractivity contribution is -0.164. The van der Waals surface area contributed by atoms with Gasteiger partial charge in [-0.15, -0.1) is 0 Å². The SMILES string of the molecule is CC1(C)O[C@@]23C[C@H](Br)CC[C@@]2(C)CC[C@@H]1C3. The molecule has 1 heterocycles. The van der Waals surface area contributed by atoms with Crippen molar-refractivity contribution < 1.29 is 4.74 Å². The third-order valence-electron chi connectivity index (χ3n) is 5.72. The minimum Gasteiger partial charge on any atom is -0.368 e. The molecule has 3 rings (SSSR count). The highest BCUT2D eigenvalue weighted by molar-refractivity contribution is 9.09. The summed E-state index contributed by atoms with van der Waals surface area (Å²) >= 11 is 3.83. The van der Waals surface area contributed by atoms with E-state index < -0.39 is 0 Å². The van der Waals surface area contributed by atoms with Crippen LogP contribution in [0.1, 0.15) is 59.3 Å². The Kier molecular flexibility index (Phi) is 2.35. The molecular weight excluding hydrogens is 264 g/mol. The molecule has 0 aromatic carbocycles. The van der Waals surface area contributed by atoms with Crippen LogP contribution in [0.15, 0.2) is 0 Å². The molecule has 2 bridgehead atoms. The Balaban J connectivity index is 1.99. The van der Waals surface area contributed by atoms with Crippen LogP contribution in [0.25, 0.3) is 0 Å². The molecule has 2 aliphatic carbocycles. The smallest absolute Gasteiger partial charge is 0.0757 e. The van der Waals surface area contributed by atoms with Gasteiger partial charge in [0, 0.05) is 4.83 Å². The molecule has 4 atom stereocenters. The van der Waals surface area contributed by atoms with E-state index in [1.807, 2.05) is 0 Å². The maximum absolute atomic E-state index is 6.61. The Morgan fingerprint density at radius 2 is 1.75 bits per heavy atom. The van der Waals surface area contributed by atoms with Gasteiger partial charge in [-0.25, -0.2) is 0 Å². The fourth-order valence-electron chi connectivity index (χ4n) is 4.47. The zero-order chi connectivity index (χ0) is 11.6. The van der Waals surface area contributed by atoms with E-state index >= 15 is 0 Å². The van der Waals surface area contributed by atoms with Gasteiger partial charge in [-0.05, 0) is 63.7 Å². The van der Waals surface area contributed by atoms with Gasteiger partial charge in [0.15, 0.2) is 0 Å². The van der Waals surface area contributed by atoms with Crippen molar-refractivity contribution in [2.75, 3.05) is 0 Å². The first-order valence-electron chi connectivity index (χ1n) is 6.71. The molecule has 0 aromatic rings. The monoisotopic (exact) mass is 286 g/mol. The number of alkyl halides is 1. The summed E-state index contributed by atoms with van der Waals surface area (Å²) in [4.78, 5) is 0.674. The highest BCUT2D eigenvalue weighted by atomic mass is 79.9. The van der Waals surface area contributed by atoms with Gasteiger partial charge >= 0.3 is 0 Å². The zero-order valence-corrected chi connectivity index (χ0v) is 12.3. The molecule has 0 radical (unpaired) electrons. The first kappa shape index (κ1) is 11.5. The molecule has 1 nitrogen and oxygen atoms in total. The largest absolute Gasteiger partial charge is 0.368 e. The number of hydrogen-bond acceptors (Lipinski definition) is 1. The third-order valence-corrected chi connectivity index (χ3v) is 6.50. The normalized spacial score (nSPS) is 54.8. The maximum Gasteiger partial charge on any atom is 0.0757 e. The van der Waals surface area contributed by atoms with Crippen molar-refractivity contribution in [1.29, 1.82) is 0 Å². The molecule has 2 heteroatoms. The molecule has 1 aliphatic heterocycles. The van der Waals surface area contributed by atoms with E-state index in [1.165, 1.54) is 38.5 Å². The molecule has 0 N–H and O–H groups in total. The number of rotatable bonds is 0. The van der Waals surface area contributed by atoms with E-state index in [0.29, 0.717) is 10.2 Å². The molecule has 0 aromatic heterocycles. The van der Waals surface area contributed by atoms with Crippen molar-refractivity contribution in [3.63, 3.8) is 0 Å². The molecule has 16 heavy (non-hydrogen) atoms. The lowest BCUT2D eigenvalue weighted by Gasteiger charge is -2.53. The molecule has 1 saturated heterocycles. The summed E-state index contributed by atoms with van der Waals surface area (Å²) in [6.07, 6.45) is 7.94. The zero-order valence-electron chi connectivity index (χ0n) is 10.7. The minimum absolute atomic E-state index is 0.113. The summed E-state index contributed by atoms with van der Waals surface area (Å²) in [6.45, 7) is 7.08. The molecule has 3 aliphatic rings. The van der Waals surface area contributed by atoms with Crippen molar-refractivity contribution in [2.24, 2.45) is 11.3 Å². The number of ether oxygens (including phenoxy) is 1. The molecular formula is C14H23BrO. The Labute approximate surface area is 107 Å². The molecule has 1 spiro atoms. The van der Waals surface area contributed by atoms with E-state index in [9.17, 15) is 0 Å². The second-order valence-electron chi connectivity index (χ2n) is 7.04. The van der Waals surface area contributed by atoms with Crippen LogP contribution in [-0.2, 0) is 4.74 Å². The Morgan fingerprint density at radius 1 is 1.06 bits per heavy atom. The first-order chi connectivity index (χ1) is 7.37. The highest BCUT2D eigenvalue weighted by Crippen LogP contribution is 2.64. The standard InChI is InChI=1S/C14H23BrO/c1-12(2)10-4-6-13(3)7-5-11(15)9-14(13,8-10)16-12/h10-11H,4-9H2,1-3H3/t10-,11-,13-,14+/m1/s1. The fraction of sp³-hybridized carbons (Fsp3) is 1.00. The van der Waals surface area contributed by atoms with Crippen LogP contribution < -0.4 is 0 Å². The van der Waals surface area contributed by atoms with E-state index in [-0.39, 0.29) is 11.2 Å². The van der Waals surface area contributed by atoms with Crippen molar-refractivity contribution >= 4 is 15.9 Å². The summed E-state index contributed by atoms with van der Waals surface area (Å²) in [5.74, 6) is 0.790. The van der Waals surface area contributed by atoms with Gasteiger partial charge in [0.1, 0.15) is 0 Å². The quantitative estimate of drug-likeness (QED) is 0.604. The van der Waals surface area contributed by atoms with Crippen molar-refractivity contribution in [2.45, 2.75) is 75.3 Å². The van der Waals surface area contributed by atoms with Crippen LogP contribution in [0.5, 0.6) is 0 Å². The van der Waals surface area contributed by atoms with Crippen molar-refractivity contribution in [3.05, 3.63) is 0 Å². The van der Waals surface area contributed by atoms with Crippen LogP contribution in [-0.4, -0.2) is 16.0 Å². The number of halogens is 1. The van der Waals surface area contributed by atoms with Crippen LogP contribution in [0.3, 0.4) is 0 Å². The lowest BCUT2D eigenvalue weighted by atomic mass is 9.56. The summed E-state index contributed by atoms with van der Waals surface area (Å²) in [5.41, 5.74) is 0.745. The predicted molar refractivity (Wildman–Crippen MR) is 69.9 cm³/mol. The van der Waals surface area contributed by atoms with E-state index in [0.717, 1.165) is 5.92 Å². The highest BCUT2D eigenvalue weighted by Gasteiger charge is 2.63. The molecule has 3 fully saturated rings. The van der Waals surface area contributed by atoms with E-state index in [2.05, 4.69) is 36.7 Å². The maximum atomic E-state index is 6.61. The van der Waals surface area contributed by atoms with Gasteiger partial charge in [0.05, 0.1) is 11.2 Å². The van der Waals surface area contributed by atoms with Gasteiger partial charge in [-0.3, -0.25) is 0 Å². The molecule has 2 saturated carbocycles. The van der Waals surface area contributed by atoms with Crippen LogP contribution in [0.4, 0.5) is 0 Å². The van der Waals surface area contributed by atoms with Gasteiger partial charge < -0.3 is 4.74 Å². The fourth-order valence-corrected chi connectivity index (χ4v) is 5.22. The van der Waals surface area contributed by atoms with Gasteiger partial charge in [0.2, 0.25) is 0 Å². The van der Waals surface area contributed by atoms with Gasteiger partial charge in [-0.1, -0.05) is 22.9 Å². The van der Waals surface area contributed by atoms with Crippen LogP contribution in [0, 0.1) is 11.3 Å². The average molecular weight is 287 g/mol. The van der Waals surface area contributed by atoms with Gasteiger partial charge in [0.25, 0.3) is 0 Å². The topological polar surface area (TPSA) is 9.23 Å². The second kappa shape index (κ2) is 3.26. The molecule has 92 valence electrons. The molecule has 0 amide bonds. The van der Waals surface area contributed by atoms with E-state index in [1.54, 1.807) is 0 Å². The van der Waals surface area contributed by atoms with Crippen LogP contribution in [0.2, 0.25) is 0 Å². The lowest BCUT2D eigenvalue weighted by Crippen LogP contribution is -2.52. The Hall–Kier alpha value is 0.440. The van der Waals surface area contributed by atoms with Crippen molar-refractivity contribution in [3.8, 4) is 0 Å². The Bertz CT molecular complexity index is 314. The van der Waals surface area contributed by atoms with Crippen molar-refractivity contribution in [1.82, 2.24) is 0 Å². The average Bonchev–Trinajstić information content (AvgIpc) is 2.39. The predicted octanol–water partition coefficient (Wildman–Crippen LogP) is 4.29. The summed E-state index contributed by atoms with van der Waals surface area (Å²) in [5, 5.41) is 0. The van der Waals surface area contributed by atoms with E-state index in [4.69, 9.17) is 4.74 Å². The van der Waals surface area contributed by atoms with Gasteiger partial charge in [-0.2, -0.15) is 0 Å². The molecule has 0 unspecified atom stereocenters.